The molecule has 1 aromatic heterocycles. The first kappa shape index (κ1) is 13.2. The van der Waals surface area contributed by atoms with E-state index in [0.29, 0.717) is 23.1 Å². The second-order valence-corrected chi connectivity index (χ2v) is 6.17. The van der Waals surface area contributed by atoms with E-state index in [4.69, 9.17) is 15.1 Å². The number of hydrogen-bond acceptors (Lipinski definition) is 7. The van der Waals surface area contributed by atoms with Crippen molar-refractivity contribution >= 4 is 34.5 Å². The third-order valence-electron chi connectivity index (χ3n) is 3.65. The van der Waals surface area contributed by atoms with Crippen molar-refractivity contribution in [2.24, 2.45) is 5.41 Å². The molecule has 6 nitrogen and oxygen atoms in total. The summed E-state index contributed by atoms with van der Waals surface area (Å²) in [6, 6.07) is 3.72. The Morgan fingerprint density at radius 3 is 2.90 bits per heavy atom. The van der Waals surface area contributed by atoms with Crippen molar-refractivity contribution in [3.05, 3.63) is 12.1 Å². The number of aromatic nitrogens is 2. The van der Waals surface area contributed by atoms with E-state index < -0.39 is 0 Å². The number of methoxy groups -OCH3 is 1. The molecule has 20 heavy (non-hydrogen) atoms. The third kappa shape index (κ3) is 2.45. The molecule has 106 valence electrons. The van der Waals surface area contributed by atoms with Crippen LogP contribution in [-0.2, 0) is 9.53 Å². The minimum absolute atomic E-state index is 0.0721. The lowest BCUT2D eigenvalue weighted by Gasteiger charge is -2.13. The van der Waals surface area contributed by atoms with Gasteiger partial charge in [-0.2, -0.15) is 0 Å². The molecule has 0 spiro atoms. The van der Waals surface area contributed by atoms with Gasteiger partial charge in [-0.3, -0.25) is 4.79 Å². The summed E-state index contributed by atoms with van der Waals surface area (Å²) in [6.07, 6.45) is 2.60. The minimum atomic E-state index is -0.145. The molecule has 0 unspecified atom stereocenters. The molecule has 2 aromatic rings. The van der Waals surface area contributed by atoms with E-state index in [1.165, 1.54) is 7.11 Å². The monoisotopic (exact) mass is 293 g/mol. The van der Waals surface area contributed by atoms with Gasteiger partial charge in [0.05, 0.1) is 19.2 Å². The van der Waals surface area contributed by atoms with Gasteiger partial charge in [-0.15, -0.1) is 11.8 Å². The fraction of sp³-hybridized carbons (Fsp3) is 0.462. The molecule has 1 saturated carbocycles. The van der Waals surface area contributed by atoms with Gasteiger partial charge in [-0.25, -0.2) is 4.63 Å². The molecule has 2 N–H and O–H groups in total. The van der Waals surface area contributed by atoms with Crippen LogP contribution in [0.2, 0.25) is 0 Å². The van der Waals surface area contributed by atoms with Gasteiger partial charge in [0.15, 0.2) is 11.0 Å². The van der Waals surface area contributed by atoms with E-state index in [1.807, 2.05) is 6.07 Å². The number of nitrogens with zero attached hydrogens (tertiary/aromatic N) is 2. The summed E-state index contributed by atoms with van der Waals surface area (Å²) in [6.45, 7) is 0. The van der Waals surface area contributed by atoms with Crippen molar-refractivity contribution < 1.29 is 14.2 Å². The first-order chi connectivity index (χ1) is 9.63. The lowest BCUT2D eigenvalue weighted by molar-refractivity contribution is -0.141. The zero-order valence-electron chi connectivity index (χ0n) is 11.1. The summed E-state index contributed by atoms with van der Waals surface area (Å²) in [7, 11) is 1.43. The van der Waals surface area contributed by atoms with Gasteiger partial charge in [-0.05, 0) is 40.7 Å². The molecule has 7 heteroatoms. The van der Waals surface area contributed by atoms with Crippen LogP contribution in [0.3, 0.4) is 0 Å². The molecule has 0 bridgehead atoms. The fourth-order valence-electron chi connectivity index (χ4n) is 2.14. The third-order valence-corrected chi connectivity index (χ3v) is 5.04. The van der Waals surface area contributed by atoms with Gasteiger partial charge >= 0.3 is 5.97 Å². The predicted molar refractivity (Wildman–Crippen MR) is 75.2 cm³/mol. The number of anilines is 1. The highest BCUT2D eigenvalue weighted by Crippen LogP contribution is 2.52. The highest BCUT2D eigenvalue weighted by atomic mass is 32.2. The van der Waals surface area contributed by atoms with Gasteiger partial charge in [0.25, 0.3) is 0 Å². The van der Waals surface area contributed by atoms with Crippen LogP contribution in [0, 0.1) is 5.41 Å². The van der Waals surface area contributed by atoms with Crippen LogP contribution in [0.15, 0.2) is 21.7 Å². The molecule has 1 aliphatic rings. The van der Waals surface area contributed by atoms with Gasteiger partial charge in [0, 0.05) is 10.6 Å². The van der Waals surface area contributed by atoms with Gasteiger partial charge in [0.2, 0.25) is 0 Å². The normalized spacial score (nSPS) is 16.2. The Bertz CT molecular complexity index is 651. The molecule has 0 amide bonds. The van der Waals surface area contributed by atoms with E-state index in [1.54, 1.807) is 17.8 Å². The van der Waals surface area contributed by atoms with Crippen LogP contribution in [0.4, 0.5) is 5.69 Å². The highest BCUT2D eigenvalue weighted by Gasteiger charge is 2.44. The van der Waals surface area contributed by atoms with Gasteiger partial charge in [0.1, 0.15) is 0 Å². The number of benzene rings is 1. The summed E-state index contributed by atoms with van der Waals surface area (Å²) < 4.78 is 9.50. The maximum atomic E-state index is 11.4. The summed E-state index contributed by atoms with van der Waals surface area (Å²) >= 11 is 1.66. The molecular weight excluding hydrogens is 278 g/mol. The van der Waals surface area contributed by atoms with Crippen LogP contribution in [0.1, 0.15) is 19.3 Å². The Hall–Kier alpha value is -1.76. The number of rotatable bonds is 5. The Morgan fingerprint density at radius 2 is 2.20 bits per heavy atom. The molecule has 0 atom stereocenters. The van der Waals surface area contributed by atoms with Crippen LogP contribution in [0.25, 0.3) is 11.0 Å². The second kappa shape index (κ2) is 4.97. The van der Waals surface area contributed by atoms with E-state index >= 15 is 0 Å². The molecule has 1 aromatic carbocycles. The number of nitrogen functional groups attached to an aromatic ring is 1. The molecule has 0 radical (unpaired) electrons. The molecule has 1 aliphatic carbocycles. The first-order valence-corrected chi connectivity index (χ1v) is 7.32. The van der Waals surface area contributed by atoms with Crippen molar-refractivity contribution in [1.29, 1.82) is 0 Å². The topological polar surface area (TPSA) is 91.2 Å². The zero-order valence-corrected chi connectivity index (χ0v) is 11.9. The van der Waals surface area contributed by atoms with Crippen molar-refractivity contribution in [3.8, 4) is 0 Å². The number of carbonyl (C=O) groups excluding carboxylic acids is 1. The van der Waals surface area contributed by atoms with Crippen LogP contribution in [0.5, 0.6) is 0 Å². The molecule has 0 saturated heterocycles. The molecule has 0 aliphatic heterocycles. The van der Waals surface area contributed by atoms with E-state index in [2.05, 4.69) is 10.3 Å². The van der Waals surface area contributed by atoms with E-state index in [9.17, 15) is 4.79 Å². The number of ether oxygens (including phenoxy) is 1. The Labute approximate surface area is 120 Å². The lowest BCUT2D eigenvalue weighted by atomic mass is 10.1. The number of fused-ring (bicyclic) bond motifs is 1. The largest absolute Gasteiger partial charge is 0.469 e. The maximum Gasteiger partial charge on any atom is 0.306 e. The Kier molecular flexibility index (Phi) is 3.29. The zero-order chi connectivity index (χ0) is 14.2. The Balaban J connectivity index is 1.73. The number of thioether (sulfide) groups is 1. The predicted octanol–water partition coefficient (Wildman–Crippen LogP) is 2.24. The van der Waals surface area contributed by atoms with Crippen LogP contribution < -0.4 is 5.73 Å². The number of esters is 1. The summed E-state index contributed by atoms with van der Waals surface area (Å²) in [5, 5.41) is 7.70. The molecule has 1 fully saturated rings. The smallest absolute Gasteiger partial charge is 0.306 e. The summed E-state index contributed by atoms with van der Waals surface area (Å²) in [4.78, 5) is 12.4. The molecular formula is C13H15N3O3S. The Morgan fingerprint density at radius 1 is 1.45 bits per heavy atom. The molecule has 1 heterocycles. The minimum Gasteiger partial charge on any atom is -0.469 e. The van der Waals surface area contributed by atoms with E-state index in [0.717, 1.165) is 23.5 Å². The summed E-state index contributed by atoms with van der Waals surface area (Å²) in [5.41, 5.74) is 7.72. The summed E-state index contributed by atoms with van der Waals surface area (Å²) in [5.74, 6) is 0.710. The highest BCUT2D eigenvalue weighted by molar-refractivity contribution is 7.99. The van der Waals surface area contributed by atoms with Gasteiger partial charge in [-0.1, -0.05) is 0 Å². The molecule has 3 rings (SSSR count). The first-order valence-electron chi connectivity index (χ1n) is 6.34. The quantitative estimate of drug-likeness (QED) is 0.513. The SMILES string of the molecule is COC(=O)CC1(CSc2ccc(N)c3nonc23)CC1. The van der Waals surface area contributed by atoms with Crippen LogP contribution >= 0.6 is 11.8 Å². The van der Waals surface area contributed by atoms with Crippen molar-refractivity contribution in [2.45, 2.75) is 24.2 Å². The average Bonchev–Trinajstić information content (AvgIpc) is 3.01. The maximum absolute atomic E-state index is 11.4. The van der Waals surface area contributed by atoms with Crippen LogP contribution in [-0.4, -0.2) is 29.1 Å². The van der Waals surface area contributed by atoms with Crippen molar-refractivity contribution in [3.63, 3.8) is 0 Å². The van der Waals surface area contributed by atoms with E-state index in [-0.39, 0.29) is 11.4 Å². The number of hydrogen-bond donors (Lipinski definition) is 1. The van der Waals surface area contributed by atoms with Crippen molar-refractivity contribution in [1.82, 2.24) is 10.3 Å². The van der Waals surface area contributed by atoms with Crippen molar-refractivity contribution in [2.75, 3.05) is 18.6 Å². The lowest BCUT2D eigenvalue weighted by Crippen LogP contribution is -2.13. The van der Waals surface area contributed by atoms with Gasteiger partial charge < -0.3 is 10.5 Å². The standard InChI is InChI=1S/C13H15N3O3S/c1-18-10(17)6-13(4-5-13)7-20-9-3-2-8(14)11-12(9)16-19-15-11/h2-3H,4-7,14H2,1H3. The average molecular weight is 293 g/mol. The fourth-order valence-corrected chi connectivity index (χ4v) is 3.42. The number of carbonyl (C=O) groups is 1. The number of nitrogens with two attached hydrogens (primary N) is 1. The second-order valence-electron chi connectivity index (χ2n) is 5.16.